The molecule has 3 rings (SSSR count). The lowest BCUT2D eigenvalue weighted by Crippen LogP contribution is -2.32. The van der Waals surface area contributed by atoms with Crippen molar-refractivity contribution in [3.8, 4) is 0 Å². The van der Waals surface area contributed by atoms with Gasteiger partial charge in [-0.3, -0.25) is 14.0 Å². The molecule has 22 heavy (non-hydrogen) atoms. The number of nitrogens with zero attached hydrogens (tertiary/aromatic N) is 2. The predicted molar refractivity (Wildman–Crippen MR) is 84.8 cm³/mol. The van der Waals surface area contributed by atoms with Crippen LogP contribution < -0.4 is 10.9 Å². The largest absolute Gasteiger partial charge is 0.385 e. The van der Waals surface area contributed by atoms with Gasteiger partial charge in [0.2, 0.25) is 0 Å². The Bertz CT molecular complexity index is 750. The predicted octanol–water partition coefficient (Wildman–Crippen LogP) is 1.40. The number of hydrogen-bond acceptors (Lipinski definition) is 5. The molecule has 2 aromatic heterocycles. The normalized spacial score (nSPS) is 14.0. The maximum Gasteiger partial charge on any atom is 0.271 e. The molecule has 0 radical (unpaired) electrons. The summed E-state index contributed by atoms with van der Waals surface area (Å²) in [6, 6.07) is 0. The van der Waals surface area contributed by atoms with Crippen LogP contribution >= 0.6 is 11.3 Å². The van der Waals surface area contributed by atoms with Gasteiger partial charge in [0.1, 0.15) is 5.56 Å². The van der Waals surface area contributed by atoms with Crippen LogP contribution in [0.25, 0.3) is 4.96 Å². The Hall–Kier alpha value is -1.73. The van der Waals surface area contributed by atoms with Gasteiger partial charge in [0.05, 0.1) is 0 Å². The summed E-state index contributed by atoms with van der Waals surface area (Å²) >= 11 is 1.56. The summed E-state index contributed by atoms with van der Waals surface area (Å²) in [6.45, 7) is 1.06. The minimum Gasteiger partial charge on any atom is -0.385 e. The Labute approximate surface area is 132 Å². The number of ether oxygens (including phenoxy) is 1. The topological polar surface area (TPSA) is 72.7 Å². The van der Waals surface area contributed by atoms with Crippen molar-refractivity contribution in [3.05, 3.63) is 32.7 Å². The maximum atomic E-state index is 12.6. The molecule has 6 nitrogen and oxygen atoms in total. The number of fused-ring (bicyclic) bond motifs is 3. The molecule has 118 valence electrons. The first-order chi connectivity index (χ1) is 10.7. The van der Waals surface area contributed by atoms with Crippen LogP contribution in [0, 0.1) is 0 Å². The Morgan fingerprint density at radius 1 is 1.45 bits per heavy atom. The second-order valence-electron chi connectivity index (χ2n) is 5.38. The lowest BCUT2D eigenvalue weighted by molar-refractivity contribution is 0.0946. The second-order valence-corrected chi connectivity index (χ2v) is 6.44. The highest BCUT2D eigenvalue weighted by atomic mass is 32.1. The second kappa shape index (κ2) is 6.58. The summed E-state index contributed by atoms with van der Waals surface area (Å²) in [4.78, 5) is 31.0. The monoisotopic (exact) mass is 321 g/mol. The van der Waals surface area contributed by atoms with E-state index in [0.29, 0.717) is 24.5 Å². The number of aryl methyl sites for hydroxylation is 2. The third-order valence-electron chi connectivity index (χ3n) is 3.86. The van der Waals surface area contributed by atoms with E-state index >= 15 is 0 Å². The summed E-state index contributed by atoms with van der Waals surface area (Å²) in [5, 5.41) is 2.74. The van der Waals surface area contributed by atoms with Crippen molar-refractivity contribution in [1.29, 1.82) is 0 Å². The number of rotatable bonds is 5. The molecule has 0 atom stereocenters. The summed E-state index contributed by atoms with van der Waals surface area (Å²) in [7, 11) is 1.62. The minimum atomic E-state index is -0.362. The maximum absolute atomic E-state index is 12.6. The van der Waals surface area contributed by atoms with Gasteiger partial charge in [0.15, 0.2) is 4.96 Å². The fraction of sp³-hybridized carbons (Fsp3) is 0.533. The summed E-state index contributed by atoms with van der Waals surface area (Å²) in [5.41, 5.74) is 0.896. The van der Waals surface area contributed by atoms with Crippen LogP contribution in [0.15, 0.2) is 11.0 Å². The molecule has 0 aromatic carbocycles. The fourth-order valence-electron chi connectivity index (χ4n) is 2.74. The zero-order valence-corrected chi connectivity index (χ0v) is 13.4. The van der Waals surface area contributed by atoms with Crippen LogP contribution in [-0.4, -0.2) is 35.6 Å². The molecule has 0 bridgehead atoms. The Kier molecular flexibility index (Phi) is 4.54. The van der Waals surface area contributed by atoms with Gasteiger partial charge in [-0.05, 0) is 32.1 Å². The van der Waals surface area contributed by atoms with Gasteiger partial charge in [-0.1, -0.05) is 0 Å². The molecule has 1 amide bonds. The van der Waals surface area contributed by atoms with Crippen molar-refractivity contribution >= 4 is 22.2 Å². The number of thiazole rings is 1. The molecule has 0 fully saturated rings. The molecule has 1 N–H and O–H groups in total. The number of methoxy groups -OCH3 is 1. The summed E-state index contributed by atoms with van der Waals surface area (Å²) in [5.74, 6) is -0.362. The van der Waals surface area contributed by atoms with Gasteiger partial charge >= 0.3 is 0 Å². The van der Waals surface area contributed by atoms with Gasteiger partial charge in [-0.25, -0.2) is 4.98 Å². The Morgan fingerprint density at radius 3 is 3.09 bits per heavy atom. The lowest BCUT2D eigenvalue weighted by atomic mass is 10.0. The molecule has 1 aliphatic carbocycles. The minimum absolute atomic E-state index is 0.112. The molecule has 0 saturated heterocycles. The summed E-state index contributed by atoms with van der Waals surface area (Å²) in [6.07, 6.45) is 6.23. The van der Waals surface area contributed by atoms with Crippen molar-refractivity contribution in [2.24, 2.45) is 0 Å². The quantitative estimate of drug-likeness (QED) is 0.845. The zero-order chi connectivity index (χ0) is 15.5. The molecule has 2 aromatic rings. The molecule has 0 aliphatic heterocycles. The molecular weight excluding hydrogens is 302 g/mol. The van der Waals surface area contributed by atoms with E-state index in [1.807, 2.05) is 0 Å². The highest BCUT2D eigenvalue weighted by molar-refractivity contribution is 7.17. The van der Waals surface area contributed by atoms with Crippen molar-refractivity contribution in [2.45, 2.75) is 32.1 Å². The molecule has 0 spiro atoms. The smallest absolute Gasteiger partial charge is 0.271 e. The first-order valence-electron chi connectivity index (χ1n) is 7.52. The molecule has 0 saturated carbocycles. The zero-order valence-electron chi connectivity index (χ0n) is 12.6. The van der Waals surface area contributed by atoms with Crippen LogP contribution in [-0.2, 0) is 17.6 Å². The standard InChI is InChI=1S/C15H19N3O3S/c1-21-8-4-7-16-13(19)10-9-17-15-18(14(10)20)11-5-2-3-6-12(11)22-15/h9H,2-8H2,1H3,(H,16,19). The SMILES string of the molecule is COCCCNC(=O)c1cnc2sc3c(n2c1=O)CCCC3. The van der Waals surface area contributed by atoms with E-state index in [0.717, 1.165) is 31.4 Å². The first kappa shape index (κ1) is 15.2. The average Bonchev–Trinajstić information content (AvgIpc) is 2.91. The van der Waals surface area contributed by atoms with Crippen LogP contribution in [0.4, 0.5) is 0 Å². The third kappa shape index (κ3) is 2.78. The van der Waals surface area contributed by atoms with Crippen molar-refractivity contribution < 1.29 is 9.53 Å². The summed E-state index contributed by atoms with van der Waals surface area (Å²) < 4.78 is 6.56. The van der Waals surface area contributed by atoms with Gasteiger partial charge < -0.3 is 10.1 Å². The number of carbonyl (C=O) groups is 1. The Morgan fingerprint density at radius 2 is 2.27 bits per heavy atom. The highest BCUT2D eigenvalue weighted by Crippen LogP contribution is 2.28. The van der Waals surface area contributed by atoms with Crippen LogP contribution in [0.3, 0.4) is 0 Å². The van der Waals surface area contributed by atoms with Gasteiger partial charge in [0.25, 0.3) is 11.5 Å². The van der Waals surface area contributed by atoms with E-state index < -0.39 is 0 Å². The molecular formula is C15H19N3O3S. The number of hydrogen-bond donors (Lipinski definition) is 1. The van der Waals surface area contributed by atoms with Gasteiger partial charge in [0, 0.05) is 37.0 Å². The molecule has 1 aliphatic rings. The van der Waals surface area contributed by atoms with Crippen molar-refractivity contribution in [2.75, 3.05) is 20.3 Å². The van der Waals surface area contributed by atoms with E-state index in [2.05, 4.69) is 10.3 Å². The Balaban J connectivity index is 1.89. The van der Waals surface area contributed by atoms with Crippen LogP contribution in [0.1, 0.15) is 40.2 Å². The van der Waals surface area contributed by atoms with E-state index in [4.69, 9.17) is 4.74 Å². The lowest BCUT2D eigenvalue weighted by Gasteiger charge is -2.10. The molecule has 2 heterocycles. The third-order valence-corrected chi connectivity index (χ3v) is 5.01. The highest BCUT2D eigenvalue weighted by Gasteiger charge is 2.21. The number of amides is 1. The van der Waals surface area contributed by atoms with Gasteiger partial charge in [-0.15, -0.1) is 11.3 Å². The average molecular weight is 321 g/mol. The van der Waals surface area contributed by atoms with Gasteiger partial charge in [-0.2, -0.15) is 0 Å². The fourth-order valence-corrected chi connectivity index (χ4v) is 3.91. The van der Waals surface area contributed by atoms with Crippen molar-refractivity contribution in [3.63, 3.8) is 0 Å². The van der Waals surface area contributed by atoms with E-state index in [9.17, 15) is 9.59 Å². The number of carbonyl (C=O) groups excluding carboxylic acids is 1. The molecule has 0 unspecified atom stereocenters. The van der Waals surface area contributed by atoms with E-state index in [1.54, 1.807) is 22.8 Å². The van der Waals surface area contributed by atoms with Crippen molar-refractivity contribution in [1.82, 2.24) is 14.7 Å². The van der Waals surface area contributed by atoms with E-state index in [-0.39, 0.29) is 17.0 Å². The van der Waals surface area contributed by atoms with E-state index in [1.165, 1.54) is 11.1 Å². The van der Waals surface area contributed by atoms with Crippen LogP contribution in [0.5, 0.6) is 0 Å². The first-order valence-corrected chi connectivity index (χ1v) is 8.33. The number of aromatic nitrogens is 2. The number of nitrogens with one attached hydrogen (secondary N) is 1. The van der Waals surface area contributed by atoms with Crippen LogP contribution in [0.2, 0.25) is 0 Å². The molecule has 7 heteroatoms.